The number of ether oxygens (including phenoxy) is 2. The molecule has 246 valence electrons. The number of rotatable bonds is 5. The Balaban J connectivity index is 1.20. The number of aromatic amines is 1. The molecule has 7 rings (SSSR count). The first-order chi connectivity index (χ1) is 22.3. The molecule has 2 amide bonds. The van der Waals surface area contributed by atoms with E-state index in [1.165, 1.54) is 7.11 Å². The summed E-state index contributed by atoms with van der Waals surface area (Å²) in [6.07, 6.45) is 0.157. The molecule has 0 bridgehead atoms. The fourth-order valence-corrected chi connectivity index (χ4v) is 7.04. The van der Waals surface area contributed by atoms with Gasteiger partial charge in [-0.15, -0.1) is 0 Å². The van der Waals surface area contributed by atoms with E-state index in [9.17, 15) is 9.59 Å². The zero-order chi connectivity index (χ0) is 33.4. The van der Waals surface area contributed by atoms with Crippen LogP contribution in [0.25, 0.3) is 32.9 Å². The molecular weight excluding hydrogens is 595 g/mol. The number of amides is 2. The second kappa shape index (κ2) is 11.3. The number of nitrogens with one attached hydrogen (secondary N) is 2. The monoisotopic (exact) mass is 638 g/mol. The number of likely N-dealkylation sites (tertiary alicyclic amines) is 1. The fraction of sp³-hybridized carbons (Fsp3) is 0.472. The van der Waals surface area contributed by atoms with Gasteiger partial charge >= 0.3 is 13.2 Å². The topological polar surface area (TPSA) is 115 Å². The Morgan fingerprint density at radius 3 is 2.51 bits per heavy atom. The summed E-state index contributed by atoms with van der Waals surface area (Å²) in [4.78, 5) is 36.3. The van der Waals surface area contributed by atoms with Crippen molar-refractivity contribution in [1.82, 2.24) is 20.2 Å². The predicted molar refractivity (Wildman–Crippen MR) is 181 cm³/mol. The molecule has 3 aliphatic heterocycles. The highest BCUT2D eigenvalue weighted by molar-refractivity contribution is 6.62. The molecule has 3 atom stereocenters. The number of benzene rings is 3. The number of alkyl carbamates (subject to hydrolysis) is 1. The number of H-pyrrole nitrogens is 1. The average molecular weight is 639 g/mol. The Hall–Kier alpha value is -4.09. The second-order valence-electron chi connectivity index (χ2n) is 14.6. The van der Waals surface area contributed by atoms with E-state index in [0.717, 1.165) is 62.0 Å². The van der Waals surface area contributed by atoms with Crippen LogP contribution in [0.2, 0.25) is 0 Å². The lowest BCUT2D eigenvalue weighted by molar-refractivity contribution is -0.135. The number of carbonyl (C=O) groups is 2. The van der Waals surface area contributed by atoms with Gasteiger partial charge in [-0.1, -0.05) is 45.0 Å². The minimum absolute atomic E-state index is 0.107. The highest BCUT2D eigenvalue weighted by atomic mass is 16.7. The molecular formula is C36H43BN4O6. The Kier molecular flexibility index (Phi) is 7.55. The van der Waals surface area contributed by atoms with E-state index in [1.807, 2.05) is 24.8 Å². The molecule has 3 aromatic carbocycles. The van der Waals surface area contributed by atoms with Gasteiger partial charge in [0.2, 0.25) is 5.91 Å². The number of nitrogens with zero attached hydrogens (tertiary/aromatic N) is 2. The van der Waals surface area contributed by atoms with Crippen LogP contribution in [0.1, 0.15) is 72.3 Å². The first kappa shape index (κ1) is 31.5. The van der Waals surface area contributed by atoms with Crippen molar-refractivity contribution >= 4 is 46.4 Å². The zero-order valence-corrected chi connectivity index (χ0v) is 28.4. The van der Waals surface area contributed by atoms with Crippen LogP contribution in [-0.2, 0) is 25.4 Å². The Morgan fingerprint density at radius 2 is 1.81 bits per heavy atom. The molecule has 10 nitrogen and oxygen atoms in total. The number of carbonyl (C=O) groups excluding carboxylic acids is 2. The molecule has 1 unspecified atom stereocenters. The molecule has 4 aromatic rings. The van der Waals surface area contributed by atoms with E-state index in [4.69, 9.17) is 23.8 Å². The molecule has 11 heteroatoms. The third kappa shape index (κ3) is 5.33. The van der Waals surface area contributed by atoms with Crippen molar-refractivity contribution in [3.8, 4) is 16.9 Å². The van der Waals surface area contributed by atoms with Gasteiger partial charge in [-0.05, 0) is 86.1 Å². The van der Waals surface area contributed by atoms with Crippen LogP contribution in [0.3, 0.4) is 0 Å². The van der Waals surface area contributed by atoms with Gasteiger partial charge in [0.1, 0.15) is 24.2 Å². The summed E-state index contributed by atoms with van der Waals surface area (Å²) < 4.78 is 23.7. The van der Waals surface area contributed by atoms with Crippen molar-refractivity contribution in [2.24, 2.45) is 11.8 Å². The molecule has 2 fully saturated rings. The van der Waals surface area contributed by atoms with Crippen molar-refractivity contribution in [1.29, 1.82) is 0 Å². The minimum atomic E-state index is -0.694. The maximum Gasteiger partial charge on any atom is 0.494 e. The second-order valence-corrected chi connectivity index (χ2v) is 14.6. The smallest absolute Gasteiger partial charge is 0.488 e. The summed E-state index contributed by atoms with van der Waals surface area (Å²) in [6, 6.07) is 13.8. The fourth-order valence-electron chi connectivity index (χ4n) is 7.04. The quantitative estimate of drug-likeness (QED) is 0.263. The maximum absolute atomic E-state index is 13.8. The van der Waals surface area contributed by atoms with Gasteiger partial charge in [-0.2, -0.15) is 0 Å². The van der Waals surface area contributed by atoms with E-state index >= 15 is 0 Å². The van der Waals surface area contributed by atoms with Gasteiger partial charge in [0.25, 0.3) is 0 Å². The summed E-state index contributed by atoms with van der Waals surface area (Å²) >= 11 is 0. The van der Waals surface area contributed by atoms with Crippen LogP contribution < -0.4 is 15.5 Å². The SMILES string of the molecule is COC(=O)N[C@H](C(=O)N1C[C@@H](C)CC1c1nc2ccc3cc4c(cc3c2[nH]1)OCc1cc(B2OC(C)(C)C(C)(C)O2)ccc1-4)C(C)C. The summed E-state index contributed by atoms with van der Waals surface area (Å²) in [7, 11) is 0.872. The molecule has 0 aliphatic carbocycles. The largest absolute Gasteiger partial charge is 0.494 e. The highest BCUT2D eigenvalue weighted by Crippen LogP contribution is 2.43. The lowest BCUT2D eigenvalue weighted by atomic mass is 9.77. The molecule has 2 saturated heterocycles. The highest BCUT2D eigenvalue weighted by Gasteiger charge is 2.52. The molecule has 0 saturated carbocycles. The number of methoxy groups -OCH3 is 1. The average Bonchev–Trinajstić information content (AvgIpc) is 3.70. The lowest BCUT2D eigenvalue weighted by Crippen LogP contribution is -2.51. The number of imidazole rings is 1. The number of aromatic nitrogens is 2. The molecule has 3 aliphatic rings. The molecule has 1 aromatic heterocycles. The molecule has 2 N–H and O–H groups in total. The van der Waals surface area contributed by atoms with Crippen molar-refractivity contribution in [2.75, 3.05) is 13.7 Å². The van der Waals surface area contributed by atoms with E-state index < -0.39 is 30.5 Å². The Morgan fingerprint density at radius 1 is 1.06 bits per heavy atom. The van der Waals surface area contributed by atoms with Crippen LogP contribution in [0.4, 0.5) is 4.79 Å². The third-order valence-electron chi connectivity index (χ3n) is 10.4. The summed E-state index contributed by atoms with van der Waals surface area (Å²) in [5.74, 6) is 1.60. The number of hydrogen-bond acceptors (Lipinski definition) is 7. The first-order valence-electron chi connectivity index (χ1n) is 16.5. The molecule has 0 spiro atoms. The van der Waals surface area contributed by atoms with E-state index in [-0.39, 0.29) is 23.8 Å². The van der Waals surface area contributed by atoms with Crippen LogP contribution >= 0.6 is 0 Å². The normalized spacial score (nSPS) is 21.9. The molecule has 0 radical (unpaired) electrons. The van der Waals surface area contributed by atoms with Crippen molar-refractivity contribution in [2.45, 2.75) is 84.8 Å². The zero-order valence-electron chi connectivity index (χ0n) is 28.4. The third-order valence-corrected chi connectivity index (χ3v) is 10.4. The van der Waals surface area contributed by atoms with E-state index in [2.05, 4.69) is 81.3 Å². The predicted octanol–water partition coefficient (Wildman–Crippen LogP) is 5.86. The lowest BCUT2D eigenvalue weighted by Gasteiger charge is -2.32. The standard InChI is InChI=1S/C36H43BN4O6/c1-19(2)30(40-34(43)44-8)33(42)41-17-20(3)13-28(41)32-38-27-12-9-21-15-26-24-11-10-23(37-46-35(4,5)36(6,7)47-37)14-22(24)18-45-29(26)16-25(21)31(27)39-32/h9-12,14-16,19-20,28,30H,13,17-18H2,1-8H3,(H,38,39)(H,40,43)/t20-,28?,30-/m0/s1. The minimum Gasteiger partial charge on any atom is -0.488 e. The van der Waals surface area contributed by atoms with E-state index in [0.29, 0.717) is 13.2 Å². The first-order valence-corrected chi connectivity index (χ1v) is 16.5. The van der Waals surface area contributed by atoms with Crippen molar-refractivity contribution < 1.29 is 28.4 Å². The van der Waals surface area contributed by atoms with Crippen molar-refractivity contribution in [3.63, 3.8) is 0 Å². The Bertz CT molecular complexity index is 1890. The van der Waals surface area contributed by atoms with Crippen LogP contribution in [0.5, 0.6) is 5.75 Å². The summed E-state index contributed by atoms with van der Waals surface area (Å²) in [5, 5.41) is 4.80. The maximum atomic E-state index is 13.8. The van der Waals surface area contributed by atoms with Crippen LogP contribution in [0, 0.1) is 11.8 Å². The summed E-state index contributed by atoms with van der Waals surface area (Å²) in [6.45, 7) is 15.2. The van der Waals surface area contributed by atoms with Crippen LogP contribution in [0.15, 0.2) is 42.5 Å². The van der Waals surface area contributed by atoms with Gasteiger partial charge in [0.05, 0.1) is 35.4 Å². The van der Waals surface area contributed by atoms with Gasteiger partial charge in [0.15, 0.2) is 0 Å². The number of fused-ring (bicyclic) bond motifs is 6. The van der Waals surface area contributed by atoms with Crippen LogP contribution in [-0.4, -0.2) is 64.9 Å². The summed E-state index contributed by atoms with van der Waals surface area (Å²) in [5.41, 5.74) is 5.17. The van der Waals surface area contributed by atoms with Gasteiger partial charge in [0, 0.05) is 17.5 Å². The number of hydrogen-bond donors (Lipinski definition) is 2. The van der Waals surface area contributed by atoms with Crippen molar-refractivity contribution in [3.05, 3.63) is 53.9 Å². The van der Waals surface area contributed by atoms with E-state index in [1.54, 1.807) is 0 Å². The molecule has 47 heavy (non-hydrogen) atoms. The van der Waals surface area contributed by atoms with Gasteiger partial charge < -0.3 is 34.0 Å². The molecule has 4 heterocycles. The van der Waals surface area contributed by atoms with Gasteiger partial charge in [-0.3, -0.25) is 4.79 Å². The van der Waals surface area contributed by atoms with Gasteiger partial charge in [-0.25, -0.2) is 9.78 Å². The Labute approximate surface area is 275 Å².